The molecule has 0 aromatic carbocycles. The zero-order chi connectivity index (χ0) is 12.2. The lowest BCUT2D eigenvalue weighted by molar-refractivity contribution is -0.382. The Hall–Kier alpha value is 0. The smallest absolute Gasteiger partial charge is 0.0201 e. The third kappa shape index (κ3) is 0.549. The van der Waals surface area contributed by atoms with Crippen LogP contribution >= 0.6 is 0 Å². The van der Waals surface area contributed by atoms with E-state index in [1.165, 1.54) is 11.8 Å². The molecule has 0 amide bonds. The lowest BCUT2D eigenvalue weighted by atomic mass is 9.19. The molecule has 10 unspecified atom stereocenters. The first-order valence-electron chi connectivity index (χ1n) is 8.53. The van der Waals surface area contributed by atoms with E-state index in [1.54, 1.807) is 12.8 Å². The first-order valence-corrected chi connectivity index (χ1v) is 8.53. The summed E-state index contributed by atoms with van der Waals surface area (Å²) < 4.78 is 0. The van der Waals surface area contributed by atoms with E-state index in [4.69, 9.17) is 0 Å². The van der Waals surface area contributed by atoms with E-state index in [0.717, 1.165) is 58.2 Å². The van der Waals surface area contributed by atoms with Crippen LogP contribution in [-0.2, 0) is 0 Å². The van der Waals surface area contributed by atoms with Crippen molar-refractivity contribution in [3.8, 4) is 0 Å². The van der Waals surface area contributed by atoms with Crippen molar-refractivity contribution in [3.05, 3.63) is 0 Å². The lowest BCUT2D eigenvalue weighted by Crippen LogP contribution is -2.81. The molecule has 0 bridgehead atoms. The van der Waals surface area contributed by atoms with Crippen molar-refractivity contribution in [1.29, 1.82) is 0 Å². The summed E-state index contributed by atoms with van der Waals surface area (Å²) in [5.41, 5.74) is 1.57. The summed E-state index contributed by atoms with van der Waals surface area (Å²) in [5.74, 6) is 11.4. The van der Waals surface area contributed by atoms with Crippen LogP contribution in [-0.4, -0.2) is 0 Å². The molecule has 6 aliphatic rings. The Balaban J connectivity index is 1.49. The fourth-order valence-electron chi connectivity index (χ4n) is 9.40. The molecule has 6 aliphatic carbocycles. The number of rotatable bonds is 0. The monoisotopic (exact) mass is 242 g/mol. The zero-order valence-corrected chi connectivity index (χ0v) is 12.2. The van der Waals surface area contributed by atoms with E-state index < -0.39 is 0 Å². The van der Waals surface area contributed by atoms with E-state index in [2.05, 4.69) is 27.7 Å². The van der Waals surface area contributed by atoms with Crippen molar-refractivity contribution in [2.24, 2.45) is 70.0 Å². The van der Waals surface area contributed by atoms with Gasteiger partial charge in [0.05, 0.1) is 0 Å². The minimum atomic E-state index is 0.787. The molecular formula is C18H26. The second kappa shape index (κ2) is 2.25. The van der Waals surface area contributed by atoms with Crippen LogP contribution in [0.1, 0.15) is 40.5 Å². The molecule has 6 saturated carbocycles. The third-order valence-corrected chi connectivity index (χ3v) is 10.4. The summed E-state index contributed by atoms with van der Waals surface area (Å²) in [4.78, 5) is 0. The summed E-state index contributed by atoms with van der Waals surface area (Å²) in [6.45, 7) is 10.6. The molecule has 0 saturated heterocycles. The van der Waals surface area contributed by atoms with Gasteiger partial charge in [0.1, 0.15) is 0 Å². The highest BCUT2D eigenvalue weighted by atomic mass is 14.9. The van der Waals surface area contributed by atoms with Crippen molar-refractivity contribution in [2.45, 2.75) is 40.5 Å². The largest absolute Gasteiger partial charge is 0.0620 e. The molecule has 0 aliphatic heterocycles. The Morgan fingerprint density at radius 1 is 0.722 bits per heavy atom. The van der Waals surface area contributed by atoms with E-state index in [0.29, 0.717) is 0 Å². The normalized spacial score (nSPS) is 84.7. The van der Waals surface area contributed by atoms with Gasteiger partial charge >= 0.3 is 0 Å². The molecule has 0 aromatic heterocycles. The maximum absolute atomic E-state index is 2.74. The topological polar surface area (TPSA) is 0 Å². The van der Waals surface area contributed by atoms with Gasteiger partial charge < -0.3 is 0 Å². The SMILES string of the molecule is CC1C(C)C2C1C1C2C2(C)C3CC4CC(C43)C12C. The maximum atomic E-state index is 2.74. The van der Waals surface area contributed by atoms with E-state index in [-0.39, 0.29) is 0 Å². The molecule has 0 spiro atoms. The van der Waals surface area contributed by atoms with Crippen molar-refractivity contribution < 1.29 is 0 Å². The highest BCUT2D eigenvalue weighted by molar-refractivity contribution is 5.37. The molecular weight excluding hydrogens is 216 g/mol. The summed E-state index contributed by atoms with van der Waals surface area (Å²) in [6.07, 6.45) is 3.25. The molecule has 0 radical (unpaired) electrons. The molecule has 0 N–H and O–H groups in total. The molecule has 10 atom stereocenters. The highest BCUT2D eigenvalue weighted by Gasteiger charge is 2.90. The van der Waals surface area contributed by atoms with Crippen LogP contribution in [0.25, 0.3) is 0 Å². The Morgan fingerprint density at radius 3 is 1.56 bits per heavy atom. The molecule has 0 aromatic rings. The van der Waals surface area contributed by atoms with E-state index in [9.17, 15) is 0 Å². The summed E-state index contributed by atoms with van der Waals surface area (Å²) in [6, 6.07) is 0. The molecule has 0 nitrogen and oxygen atoms in total. The van der Waals surface area contributed by atoms with Crippen LogP contribution in [0.4, 0.5) is 0 Å². The summed E-state index contributed by atoms with van der Waals surface area (Å²) in [5, 5.41) is 0. The van der Waals surface area contributed by atoms with Crippen LogP contribution in [0, 0.1) is 70.0 Å². The van der Waals surface area contributed by atoms with Crippen LogP contribution in [0.15, 0.2) is 0 Å². The molecule has 0 heteroatoms. The molecule has 18 heavy (non-hydrogen) atoms. The maximum Gasteiger partial charge on any atom is -0.0201 e. The van der Waals surface area contributed by atoms with Crippen LogP contribution in [0.2, 0.25) is 0 Å². The summed E-state index contributed by atoms with van der Waals surface area (Å²) >= 11 is 0. The second-order valence-electron chi connectivity index (χ2n) is 9.51. The van der Waals surface area contributed by atoms with Crippen LogP contribution < -0.4 is 0 Å². The average molecular weight is 242 g/mol. The Morgan fingerprint density at radius 2 is 1.17 bits per heavy atom. The van der Waals surface area contributed by atoms with Gasteiger partial charge in [0.15, 0.2) is 0 Å². The zero-order valence-electron chi connectivity index (χ0n) is 12.2. The van der Waals surface area contributed by atoms with Gasteiger partial charge in [-0.1, -0.05) is 27.7 Å². The van der Waals surface area contributed by atoms with Crippen LogP contribution in [0.3, 0.4) is 0 Å². The first-order chi connectivity index (χ1) is 8.53. The first kappa shape index (κ1) is 9.83. The molecule has 6 fully saturated rings. The molecule has 0 heterocycles. The predicted molar refractivity (Wildman–Crippen MR) is 71.7 cm³/mol. The van der Waals surface area contributed by atoms with Gasteiger partial charge in [-0.05, 0) is 82.9 Å². The van der Waals surface area contributed by atoms with Gasteiger partial charge in [-0.2, -0.15) is 0 Å². The Bertz CT molecular complexity index is 438. The lowest BCUT2D eigenvalue weighted by Gasteiger charge is -2.85. The Kier molecular flexibility index (Phi) is 1.23. The van der Waals surface area contributed by atoms with Crippen LogP contribution in [0.5, 0.6) is 0 Å². The highest BCUT2D eigenvalue weighted by Crippen LogP contribution is 2.95. The average Bonchev–Trinajstić information content (AvgIpc) is 2.36. The number of fused-ring (bicyclic) bond motifs is 9. The fraction of sp³-hybridized carbons (Fsp3) is 1.00. The standard InChI is InChI=1S/C18H26/c1-7-8(2)13-12(7)15-16(13)18(4)11-6-9-5-10(14(9)11)17(15,18)3/h7-16H,5-6H2,1-4H3. The summed E-state index contributed by atoms with van der Waals surface area (Å²) in [7, 11) is 0. The van der Waals surface area contributed by atoms with Gasteiger partial charge in [-0.25, -0.2) is 0 Å². The van der Waals surface area contributed by atoms with Crippen molar-refractivity contribution in [1.82, 2.24) is 0 Å². The predicted octanol–water partition coefficient (Wildman–Crippen LogP) is 4.06. The minimum absolute atomic E-state index is 0.787. The quantitative estimate of drug-likeness (QED) is 0.601. The minimum Gasteiger partial charge on any atom is -0.0620 e. The Labute approximate surface area is 111 Å². The van der Waals surface area contributed by atoms with Crippen molar-refractivity contribution in [2.75, 3.05) is 0 Å². The van der Waals surface area contributed by atoms with Gasteiger partial charge in [0.25, 0.3) is 0 Å². The van der Waals surface area contributed by atoms with E-state index >= 15 is 0 Å². The fourth-order valence-corrected chi connectivity index (χ4v) is 9.40. The van der Waals surface area contributed by atoms with Crippen molar-refractivity contribution in [3.63, 3.8) is 0 Å². The number of hydrogen-bond acceptors (Lipinski definition) is 0. The third-order valence-electron chi connectivity index (χ3n) is 10.4. The molecule has 6 rings (SSSR count). The van der Waals surface area contributed by atoms with Crippen molar-refractivity contribution >= 4 is 0 Å². The van der Waals surface area contributed by atoms with Gasteiger partial charge in [0, 0.05) is 0 Å². The van der Waals surface area contributed by atoms with E-state index in [1.807, 2.05) is 0 Å². The molecule has 98 valence electrons. The van der Waals surface area contributed by atoms with Gasteiger partial charge in [-0.3, -0.25) is 0 Å². The second-order valence-corrected chi connectivity index (χ2v) is 9.51. The number of hydrogen-bond donors (Lipinski definition) is 0. The van der Waals surface area contributed by atoms with Gasteiger partial charge in [0.2, 0.25) is 0 Å². The van der Waals surface area contributed by atoms with Gasteiger partial charge in [-0.15, -0.1) is 0 Å².